The van der Waals surface area contributed by atoms with Gasteiger partial charge in [-0.1, -0.05) is 6.07 Å². The number of nitrogens with zero attached hydrogens (tertiary/aromatic N) is 4. The third kappa shape index (κ3) is 4.89. The van der Waals surface area contributed by atoms with Crippen LogP contribution in [0.5, 0.6) is 5.88 Å². The summed E-state index contributed by atoms with van der Waals surface area (Å²) < 4.78 is 11.4. The summed E-state index contributed by atoms with van der Waals surface area (Å²) in [7, 11) is 0. The van der Waals surface area contributed by atoms with Crippen LogP contribution in [0, 0.1) is 0 Å². The van der Waals surface area contributed by atoms with Crippen molar-refractivity contribution in [2.75, 3.05) is 32.8 Å². The summed E-state index contributed by atoms with van der Waals surface area (Å²) in [5, 5.41) is 3.41. The van der Waals surface area contributed by atoms with Gasteiger partial charge in [0.15, 0.2) is 0 Å². The molecule has 2 fully saturated rings. The molecule has 0 saturated carbocycles. The van der Waals surface area contributed by atoms with Gasteiger partial charge in [-0.05, 0) is 83.8 Å². The minimum Gasteiger partial charge on any atom is -0.477 e. The van der Waals surface area contributed by atoms with E-state index in [4.69, 9.17) is 14.5 Å². The Hall–Kier alpha value is -3.20. The molecule has 1 N–H and O–H groups in total. The van der Waals surface area contributed by atoms with Crippen molar-refractivity contribution in [3.63, 3.8) is 0 Å². The van der Waals surface area contributed by atoms with Gasteiger partial charge in [0, 0.05) is 19.3 Å². The number of nitrogens with one attached hydrogen (secondary N) is 1. The minimum atomic E-state index is -0.596. The second-order valence-electron chi connectivity index (χ2n) is 11.1. The highest BCUT2D eigenvalue weighted by Crippen LogP contribution is 2.43. The Morgan fingerprint density at radius 2 is 2.00 bits per heavy atom. The number of fused-ring (bicyclic) bond motifs is 2. The normalized spacial score (nSPS) is 21.2. The van der Waals surface area contributed by atoms with Crippen LogP contribution in [0.15, 0.2) is 30.5 Å². The summed E-state index contributed by atoms with van der Waals surface area (Å²) in [5.74, 6) is 0.713. The van der Waals surface area contributed by atoms with Gasteiger partial charge in [0.05, 0.1) is 41.6 Å². The zero-order chi connectivity index (χ0) is 26.2. The molecule has 1 unspecified atom stereocenters. The predicted octanol–water partition coefficient (Wildman–Crippen LogP) is 3.52. The van der Waals surface area contributed by atoms with Gasteiger partial charge in [0.2, 0.25) is 11.8 Å². The Morgan fingerprint density at radius 1 is 1.22 bits per heavy atom. The maximum atomic E-state index is 14.2. The van der Waals surface area contributed by atoms with E-state index in [2.05, 4.69) is 16.4 Å². The van der Waals surface area contributed by atoms with Crippen LogP contribution in [0.1, 0.15) is 58.2 Å². The van der Waals surface area contributed by atoms with Crippen LogP contribution < -0.4 is 10.1 Å². The molecule has 0 aliphatic carbocycles. The fourth-order valence-corrected chi connectivity index (χ4v) is 5.79. The van der Waals surface area contributed by atoms with E-state index in [1.807, 2.05) is 50.8 Å². The summed E-state index contributed by atoms with van der Waals surface area (Å²) in [4.78, 5) is 40.1. The van der Waals surface area contributed by atoms with Crippen LogP contribution in [0.3, 0.4) is 0 Å². The number of carbonyl (C=O) groups excluding carboxylic acids is 2. The summed E-state index contributed by atoms with van der Waals surface area (Å²) in [6, 6.07) is 7.86. The van der Waals surface area contributed by atoms with E-state index in [0.29, 0.717) is 32.1 Å². The van der Waals surface area contributed by atoms with Gasteiger partial charge in [-0.25, -0.2) is 9.78 Å². The largest absolute Gasteiger partial charge is 0.477 e. The van der Waals surface area contributed by atoms with E-state index >= 15 is 0 Å². The van der Waals surface area contributed by atoms with E-state index < -0.39 is 11.0 Å². The van der Waals surface area contributed by atoms with Crippen molar-refractivity contribution >= 4 is 12.0 Å². The number of aromatic nitrogens is 2. The molecule has 9 heteroatoms. The lowest BCUT2D eigenvalue weighted by molar-refractivity contribution is -0.143. The lowest BCUT2D eigenvalue weighted by Gasteiger charge is -2.46. The molecule has 2 amide bonds. The Balaban J connectivity index is 1.48. The maximum Gasteiger partial charge on any atom is 0.410 e. The number of rotatable bonds is 4. The third-order valence-corrected chi connectivity index (χ3v) is 7.52. The minimum absolute atomic E-state index is 0.0669. The van der Waals surface area contributed by atoms with Gasteiger partial charge in [0.1, 0.15) is 5.60 Å². The molecule has 2 aromatic heterocycles. The van der Waals surface area contributed by atoms with Crippen LogP contribution >= 0.6 is 0 Å². The molecule has 37 heavy (non-hydrogen) atoms. The molecule has 5 rings (SSSR count). The summed E-state index contributed by atoms with van der Waals surface area (Å²) >= 11 is 0. The van der Waals surface area contributed by atoms with Gasteiger partial charge in [-0.2, -0.15) is 0 Å². The second-order valence-corrected chi connectivity index (χ2v) is 11.1. The summed E-state index contributed by atoms with van der Waals surface area (Å²) in [5.41, 5.74) is 2.43. The first-order chi connectivity index (χ1) is 17.7. The summed E-state index contributed by atoms with van der Waals surface area (Å²) in [6.07, 6.45) is 3.59. The number of hydrogen-bond acceptors (Lipinski definition) is 7. The number of amides is 2. The van der Waals surface area contributed by atoms with E-state index in [0.717, 1.165) is 54.9 Å². The van der Waals surface area contributed by atoms with Gasteiger partial charge in [-0.15, -0.1) is 0 Å². The first-order valence-electron chi connectivity index (χ1n) is 13.3. The molecule has 3 aliphatic heterocycles. The lowest BCUT2D eigenvalue weighted by Crippen LogP contribution is -2.58. The summed E-state index contributed by atoms with van der Waals surface area (Å²) in [6.45, 7) is 11.1. The van der Waals surface area contributed by atoms with E-state index in [9.17, 15) is 9.59 Å². The molecule has 5 heterocycles. The molecule has 9 nitrogen and oxygen atoms in total. The molecule has 0 aromatic carbocycles. The van der Waals surface area contributed by atoms with Crippen molar-refractivity contribution in [3.8, 4) is 17.1 Å². The monoisotopic (exact) mass is 507 g/mol. The molecule has 0 radical (unpaired) electrons. The fraction of sp³-hybridized carbons (Fsp3) is 0.571. The highest BCUT2D eigenvalue weighted by atomic mass is 16.6. The average molecular weight is 508 g/mol. The fourth-order valence-electron chi connectivity index (χ4n) is 5.79. The predicted molar refractivity (Wildman–Crippen MR) is 139 cm³/mol. The Labute approximate surface area is 218 Å². The molecule has 3 aliphatic rings. The van der Waals surface area contributed by atoms with Crippen molar-refractivity contribution in [1.82, 2.24) is 25.1 Å². The number of hydrogen-bond donors (Lipinski definition) is 1. The van der Waals surface area contributed by atoms with E-state index in [1.54, 1.807) is 11.1 Å². The molecule has 0 bridgehead atoms. The highest BCUT2D eigenvalue weighted by molar-refractivity contribution is 5.91. The van der Waals surface area contributed by atoms with Gasteiger partial charge in [0.25, 0.3) is 0 Å². The van der Waals surface area contributed by atoms with Crippen LogP contribution in [0.4, 0.5) is 4.79 Å². The molecular weight excluding hydrogens is 470 g/mol. The van der Waals surface area contributed by atoms with Crippen LogP contribution in [-0.2, 0) is 21.5 Å². The molecular formula is C28H37N5O4. The Morgan fingerprint density at radius 3 is 2.73 bits per heavy atom. The van der Waals surface area contributed by atoms with Crippen molar-refractivity contribution < 1.29 is 19.1 Å². The first-order valence-corrected chi connectivity index (χ1v) is 13.3. The second kappa shape index (κ2) is 9.93. The van der Waals surface area contributed by atoms with Crippen LogP contribution in [-0.4, -0.2) is 76.2 Å². The van der Waals surface area contributed by atoms with Crippen molar-refractivity contribution in [2.24, 2.45) is 0 Å². The number of carbonyl (C=O) groups is 2. The maximum absolute atomic E-state index is 14.2. The smallest absolute Gasteiger partial charge is 0.410 e. The first kappa shape index (κ1) is 25.4. The number of pyridine rings is 2. The van der Waals surface area contributed by atoms with Gasteiger partial charge < -0.3 is 24.6 Å². The molecule has 2 aromatic rings. The van der Waals surface area contributed by atoms with Crippen LogP contribution in [0.2, 0.25) is 0 Å². The van der Waals surface area contributed by atoms with Crippen molar-refractivity contribution in [1.29, 1.82) is 0 Å². The molecule has 2 saturated heterocycles. The van der Waals surface area contributed by atoms with Crippen LogP contribution in [0.25, 0.3) is 11.3 Å². The number of piperidine rings is 1. The molecule has 1 atom stereocenters. The lowest BCUT2D eigenvalue weighted by atomic mass is 9.69. The van der Waals surface area contributed by atoms with Crippen molar-refractivity contribution in [3.05, 3.63) is 41.7 Å². The average Bonchev–Trinajstić information content (AvgIpc) is 3.37. The van der Waals surface area contributed by atoms with Gasteiger partial charge in [-0.3, -0.25) is 9.78 Å². The topological polar surface area (TPSA) is 96.9 Å². The Bertz CT molecular complexity index is 1170. The standard InChI is InChI=1S/C28H37N5O4/c1-5-36-24-20(7-6-13-30-24)22-9-8-21-23(31-22)18-33(25(34)28(21)11-14-29-15-12-28)19-10-16-32(17-19)26(35)37-27(2,3)4/h6-9,13,19,29H,5,10-12,14-18H2,1-4H3. The SMILES string of the molecule is CCOc1ncccc1-c1ccc2c(n1)CN(C1CCN(C(=O)OC(C)(C)C)C1)C(=O)C21CCNCC1. The Kier molecular flexibility index (Phi) is 6.83. The quantitative estimate of drug-likeness (QED) is 0.676. The van der Waals surface area contributed by atoms with Crippen molar-refractivity contribution in [2.45, 2.75) is 70.6 Å². The molecule has 198 valence electrons. The van der Waals surface area contributed by atoms with Gasteiger partial charge >= 0.3 is 6.09 Å². The number of likely N-dealkylation sites (tertiary alicyclic amines) is 1. The third-order valence-electron chi connectivity index (χ3n) is 7.52. The zero-order valence-electron chi connectivity index (χ0n) is 22.2. The number of ether oxygens (including phenoxy) is 2. The van der Waals surface area contributed by atoms with E-state index in [1.165, 1.54) is 0 Å². The molecule has 1 spiro atoms. The highest BCUT2D eigenvalue weighted by Gasteiger charge is 2.51. The zero-order valence-corrected chi connectivity index (χ0v) is 22.2. The van der Waals surface area contributed by atoms with E-state index in [-0.39, 0.29) is 18.0 Å².